The highest BCUT2D eigenvalue weighted by Crippen LogP contribution is 2.18. The molecule has 0 N–H and O–H groups in total. The van der Waals surface area contributed by atoms with E-state index in [1.807, 2.05) is 49.3 Å². The first-order valence-corrected chi connectivity index (χ1v) is 8.84. The molecule has 1 aliphatic rings. The summed E-state index contributed by atoms with van der Waals surface area (Å²) in [6, 6.07) is 9.79. The number of hydrogen-bond acceptors (Lipinski definition) is 3. The lowest BCUT2D eigenvalue weighted by molar-refractivity contribution is 0.309. The van der Waals surface area contributed by atoms with Gasteiger partial charge in [0.25, 0.3) is 10.2 Å². The zero-order valence-electron chi connectivity index (χ0n) is 12.9. The zero-order chi connectivity index (χ0) is 15.3. The van der Waals surface area contributed by atoms with Gasteiger partial charge in [-0.25, -0.2) is 0 Å². The van der Waals surface area contributed by atoms with Crippen molar-refractivity contribution >= 4 is 10.2 Å². The van der Waals surface area contributed by atoms with Crippen LogP contribution in [0.25, 0.3) is 0 Å². The number of benzene rings is 1. The van der Waals surface area contributed by atoms with Crippen LogP contribution in [0, 0.1) is 0 Å². The van der Waals surface area contributed by atoms with Crippen LogP contribution in [0.15, 0.2) is 30.3 Å². The van der Waals surface area contributed by atoms with Crippen LogP contribution in [0.1, 0.15) is 18.4 Å². The minimum absolute atomic E-state index is 0.438. The van der Waals surface area contributed by atoms with Crippen LogP contribution in [0.5, 0.6) is 0 Å². The first-order valence-electron chi connectivity index (χ1n) is 7.44. The lowest BCUT2D eigenvalue weighted by Crippen LogP contribution is -2.44. The topological polar surface area (TPSA) is 43.9 Å². The van der Waals surface area contributed by atoms with E-state index in [9.17, 15) is 8.42 Å². The highest BCUT2D eigenvalue weighted by molar-refractivity contribution is 7.86. The predicted octanol–water partition coefficient (Wildman–Crippen LogP) is 1.39. The average molecular weight is 311 g/mol. The molecule has 1 saturated heterocycles. The van der Waals surface area contributed by atoms with E-state index in [4.69, 9.17) is 0 Å². The Morgan fingerprint density at radius 1 is 1.05 bits per heavy atom. The summed E-state index contributed by atoms with van der Waals surface area (Å²) in [5, 5.41) is 0. The first-order chi connectivity index (χ1) is 10.00. The molecule has 1 aromatic carbocycles. The minimum Gasteiger partial charge on any atom is -0.308 e. The molecule has 21 heavy (non-hydrogen) atoms. The van der Waals surface area contributed by atoms with Gasteiger partial charge in [0.15, 0.2) is 0 Å². The molecule has 1 aromatic rings. The van der Waals surface area contributed by atoms with E-state index in [1.54, 1.807) is 8.61 Å². The second kappa shape index (κ2) is 7.35. The molecule has 5 nitrogen and oxygen atoms in total. The van der Waals surface area contributed by atoms with E-state index in [0.717, 1.165) is 24.9 Å². The summed E-state index contributed by atoms with van der Waals surface area (Å²) in [5.74, 6) is 0. The van der Waals surface area contributed by atoms with E-state index >= 15 is 0 Å². The Hall–Kier alpha value is -0.950. The van der Waals surface area contributed by atoms with Gasteiger partial charge in [-0.05, 0) is 32.5 Å². The third kappa shape index (κ3) is 4.51. The molecule has 0 unspecified atom stereocenters. The Balaban J connectivity index is 2.14. The van der Waals surface area contributed by atoms with E-state index in [0.29, 0.717) is 26.2 Å². The van der Waals surface area contributed by atoms with Crippen LogP contribution >= 0.6 is 0 Å². The fourth-order valence-electron chi connectivity index (χ4n) is 2.46. The van der Waals surface area contributed by atoms with Crippen molar-refractivity contribution in [3.8, 4) is 0 Å². The number of hydrogen-bond donors (Lipinski definition) is 0. The van der Waals surface area contributed by atoms with Gasteiger partial charge < -0.3 is 4.90 Å². The molecule has 1 heterocycles. The van der Waals surface area contributed by atoms with Crippen molar-refractivity contribution in [3.05, 3.63) is 35.9 Å². The van der Waals surface area contributed by atoms with Gasteiger partial charge in [0.05, 0.1) is 0 Å². The van der Waals surface area contributed by atoms with Crippen LogP contribution in [-0.4, -0.2) is 62.2 Å². The highest BCUT2D eigenvalue weighted by Gasteiger charge is 2.31. The van der Waals surface area contributed by atoms with Gasteiger partial charge in [0, 0.05) is 32.7 Å². The summed E-state index contributed by atoms with van der Waals surface area (Å²) in [4.78, 5) is 2.01. The molecule has 0 aliphatic carbocycles. The molecule has 118 valence electrons. The van der Waals surface area contributed by atoms with Crippen LogP contribution in [0.2, 0.25) is 0 Å². The zero-order valence-corrected chi connectivity index (χ0v) is 13.7. The third-order valence-electron chi connectivity index (χ3n) is 3.72. The van der Waals surface area contributed by atoms with Gasteiger partial charge in [-0.2, -0.15) is 17.0 Å². The van der Waals surface area contributed by atoms with E-state index < -0.39 is 10.2 Å². The molecule has 0 atom stereocenters. The molecule has 0 aromatic heterocycles. The highest BCUT2D eigenvalue weighted by atomic mass is 32.2. The van der Waals surface area contributed by atoms with Crippen LogP contribution < -0.4 is 0 Å². The summed E-state index contributed by atoms with van der Waals surface area (Å²) in [6.07, 6.45) is 1.93. The van der Waals surface area contributed by atoms with E-state index in [2.05, 4.69) is 0 Å². The third-order valence-corrected chi connectivity index (χ3v) is 5.70. The van der Waals surface area contributed by atoms with E-state index in [1.165, 1.54) is 0 Å². The second-order valence-corrected chi connectivity index (χ2v) is 7.66. The Morgan fingerprint density at radius 3 is 2.24 bits per heavy atom. The van der Waals surface area contributed by atoms with Crippen molar-refractivity contribution in [3.63, 3.8) is 0 Å². The Bertz CT molecular complexity index is 525. The lowest BCUT2D eigenvalue weighted by atomic mass is 10.2. The van der Waals surface area contributed by atoms with Crippen molar-refractivity contribution in [2.75, 3.05) is 40.3 Å². The number of rotatable bonds is 7. The van der Waals surface area contributed by atoms with Crippen molar-refractivity contribution in [1.29, 1.82) is 0 Å². The number of likely N-dealkylation sites (N-methyl/N-ethyl adjacent to an activating group) is 1. The Kier molecular flexibility index (Phi) is 5.75. The molecule has 0 radical (unpaired) electrons. The Labute approximate surface area is 128 Å². The molecule has 0 saturated carbocycles. The smallest absolute Gasteiger partial charge is 0.282 e. The molecule has 1 fully saturated rings. The molecule has 0 amide bonds. The van der Waals surface area contributed by atoms with Crippen molar-refractivity contribution in [2.45, 2.75) is 19.4 Å². The minimum atomic E-state index is -3.35. The fourth-order valence-corrected chi connectivity index (χ4v) is 4.13. The van der Waals surface area contributed by atoms with Gasteiger partial charge in [-0.3, -0.25) is 0 Å². The van der Waals surface area contributed by atoms with Crippen LogP contribution in [-0.2, 0) is 16.8 Å². The Morgan fingerprint density at radius 2 is 1.67 bits per heavy atom. The lowest BCUT2D eigenvalue weighted by Gasteiger charge is -2.28. The van der Waals surface area contributed by atoms with Crippen molar-refractivity contribution in [2.24, 2.45) is 0 Å². The standard InChI is InChI=1S/C15H25N3O2S/c1-16(2)12-13-18(14-15-8-4-3-5-9-15)21(19,20)17-10-6-7-11-17/h3-5,8-9H,6-7,10-14H2,1-2H3. The van der Waals surface area contributed by atoms with Gasteiger partial charge in [0.2, 0.25) is 0 Å². The maximum absolute atomic E-state index is 12.8. The van der Waals surface area contributed by atoms with Gasteiger partial charge >= 0.3 is 0 Å². The van der Waals surface area contributed by atoms with Crippen molar-refractivity contribution in [1.82, 2.24) is 13.5 Å². The average Bonchev–Trinajstić information content (AvgIpc) is 2.99. The summed E-state index contributed by atoms with van der Waals surface area (Å²) >= 11 is 0. The van der Waals surface area contributed by atoms with E-state index in [-0.39, 0.29) is 0 Å². The molecule has 2 rings (SSSR count). The predicted molar refractivity (Wildman–Crippen MR) is 85.1 cm³/mol. The molecule has 0 spiro atoms. The van der Waals surface area contributed by atoms with Crippen LogP contribution in [0.3, 0.4) is 0 Å². The molecule has 1 aliphatic heterocycles. The SMILES string of the molecule is CN(C)CCN(Cc1ccccc1)S(=O)(=O)N1CCCC1. The summed E-state index contributed by atoms with van der Waals surface area (Å²) in [5.41, 5.74) is 1.03. The molecule has 6 heteroatoms. The fraction of sp³-hybridized carbons (Fsp3) is 0.600. The van der Waals surface area contributed by atoms with Crippen LogP contribution in [0.4, 0.5) is 0 Å². The molecular weight excluding hydrogens is 286 g/mol. The van der Waals surface area contributed by atoms with Gasteiger partial charge in [0.1, 0.15) is 0 Å². The quantitative estimate of drug-likeness (QED) is 0.764. The molecule has 0 bridgehead atoms. The first kappa shape index (κ1) is 16.4. The normalized spacial score (nSPS) is 17.0. The largest absolute Gasteiger partial charge is 0.308 e. The molecular formula is C15H25N3O2S. The summed E-state index contributed by atoms with van der Waals surface area (Å²) in [6.45, 7) is 2.97. The van der Waals surface area contributed by atoms with Crippen molar-refractivity contribution < 1.29 is 8.42 Å². The maximum Gasteiger partial charge on any atom is 0.282 e. The monoisotopic (exact) mass is 311 g/mol. The second-order valence-electron chi connectivity index (χ2n) is 5.74. The van der Waals surface area contributed by atoms with Gasteiger partial charge in [-0.1, -0.05) is 30.3 Å². The summed E-state index contributed by atoms with van der Waals surface area (Å²) < 4.78 is 28.8. The summed E-state index contributed by atoms with van der Waals surface area (Å²) in [7, 11) is 0.568. The van der Waals surface area contributed by atoms with Gasteiger partial charge in [-0.15, -0.1) is 0 Å². The maximum atomic E-state index is 12.8. The number of nitrogens with zero attached hydrogens (tertiary/aromatic N) is 3.